The number of aromatic nitrogens is 2. The number of amides is 1. The normalized spacial score (nSPS) is 16.2. The van der Waals surface area contributed by atoms with Gasteiger partial charge in [0.15, 0.2) is 0 Å². The molecular formula is C19H20N4O2S. The molecule has 2 aromatic heterocycles. The van der Waals surface area contributed by atoms with Crippen LogP contribution < -0.4 is 11.3 Å². The third-order valence-electron chi connectivity index (χ3n) is 4.87. The van der Waals surface area contributed by atoms with Gasteiger partial charge in [0.25, 0.3) is 5.56 Å². The second-order valence-corrected chi connectivity index (χ2v) is 7.69. The van der Waals surface area contributed by atoms with Crippen LogP contribution in [0.5, 0.6) is 0 Å². The minimum Gasteiger partial charge on any atom is -0.369 e. The molecule has 0 bridgehead atoms. The number of hydrogen-bond donors (Lipinski definition) is 2. The van der Waals surface area contributed by atoms with Crippen molar-refractivity contribution in [2.45, 2.75) is 19.4 Å². The number of aromatic amines is 1. The fraction of sp³-hybridized carbons (Fsp3) is 0.316. The second kappa shape index (κ2) is 7.01. The summed E-state index contributed by atoms with van der Waals surface area (Å²) in [5, 5.41) is 0.630. The van der Waals surface area contributed by atoms with Crippen LogP contribution in [-0.2, 0) is 11.3 Å². The van der Waals surface area contributed by atoms with Gasteiger partial charge in [0.2, 0.25) is 5.91 Å². The summed E-state index contributed by atoms with van der Waals surface area (Å²) in [7, 11) is 0. The average Bonchev–Trinajstić information content (AvgIpc) is 3.08. The maximum absolute atomic E-state index is 12.5. The molecule has 0 unspecified atom stereocenters. The Bertz CT molecular complexity index is 988. The number of rotatable bonds is 4. The van der Waals surface area contributed by atoms with Gasteiger partial charge in [0.1, 0.15) is 10.7 Å². The van der Waals surface area contributed by atoms with E-state index in [0.29, 0.717) is 17.8 Å². The van der Waals surface area contributed by atoms with Crippen LogP contribution >= 0.6 is 11.3 Å². The molecule has 7 heteroatoms. The summed E-state index contributed by atoms with van der Waals surface area (Å²) in [5.74, 6) is 0.414. The molecule has 4 rings (SSSR count). The molecule has 1 saturated heterocycles. The third-order valence-corrected chi connectivity index (χ3v) is 5.95. The Hall–Kier alpha value is -2.51. The van der Waals surface area contributed by atoms with E-state index in [-0.39, 0.29) is 17.4 Å². The van der Waals surface area contributed by atoms with Crippen molar-refractivity contribution in [2.24, 2.45) is 11.7 Å². The summed E-state index contributed by atoms with van der Waals surface area (Å²) < 4.78 is 0. The Morgan fingerprint density at radius 2 is 2.00 bits per heavy atom. The Labute approximate surface area is 154 Å². The van der Waals surface area contributed by atoms with Crippen molar-refractivity contribution in [3.05, 3.63) is 52.6 Å². The van der Waals surface area contributed by atoms with Crippen molar-refractivity contribution in [1.29, 1.82) is 0 Å². The molecule has 1 aliphatic rings. The lowest BCUT2D eigenvalue weighted by atomic mass is 9.96. The predicted octanol–water partition coefficient (Wildman–Crippen LogP) is 2.35. The lowest BCUT2D eigenvalue weighted by Crippen LogP contribution is -2.38. The van der Waals surface area contributed by atoms with Crippen molar-refractivity contribution >= 4 is 27.5 Å². The number of likely N-dealkylation sites (tertiary alicyclic amines) is 1. The molecule has 6 nitrogen and oxygen atoms in total. The SMILES string of the molecule is NC(=O)C1CCN(Cc2nc3sc(-c4ccccc4)cc3c(=O)[nH]2)CC1. The third kappa shape index (κ3) is 3.40. The Balaban J connectivity index is 1.56. The summed E-state index contributed by atoms with van der Waals surface area (Å²) in [5.41, 5.74) is 6.37. The number of nitrogens with one attached hydrogen (secondary N) is 1. The summed E-state index contributed by atoms with van der Waals surface area (Å²) in [6.45, 7) is 2.15. The fourth-order valence-electron chi connectivity index (χ4n) is 3.38. The summed E-state index contributed by atoms with van der Waals surface area (Å²) in [6.07, 6.45) is 1.53. The van der Waals surface area contributed by atoms with Gasteiger partial charge in [0.05, 0.1) is 11.9 Å². The van der Waals surface area contributed by atoms with E-state index in [9.17, 15) is 9.59 Å². The van der Waals surface area contributed by atoms with Crippen molar-refractivity contribution < 1.29 is 4.79 Å². The van der Waals surface area contributed by atoms with E-state index in [1.807, 2.05) is 36.4 Å². The monoisotopic (exact) mass is 368 g/mol. The lowest BCUT2D eigenvalue weighted by Gasteiger charge is -2.29. The van der Waals surface area contributed by atoms with E-state index in [4.69, 9.17) is 5.73 Å². The summed E-state index contributed by atoms with van der Waals surface area (Å²) in [4.78, 5) is 35.3. The number of fused-ring (bicyclic) bond motifs is 1. The molecule has 0 saturated carbocycles. The van der Waals surface area contributed by atoms with Gasteiger partial charge >= 0.3 is 0 Å². The largest absolute Gasteiger partial charge is 0.369 e. The van der Waals surface area contributed by atoms with Gasteiger partial charge in [-0.3, -0.25) is 14.5 Å². The van der Waals surface area contributed by atoms with E-state index in [0.717, 1.165) is 41.2 Å². The van der Waals surface area contributed by atoms with Crippen LogP contribution in [0.25, 0.3) is 20.7 Å². The van der Waals surface area contributed by atoms with Crippen molar-refractivity contribution in [3.63, 3.8) is 0 Å². The van der Waals surface area contributed by atoms with Gasteiger partial charge in [-0.05, 0) is 37.6 Å². The van der Waals surface area contributed by atoms with Crippen molar-refractivity contribution in [1.82, 2.24) is 14.9 Å². The summed E-state index contributed by atoms with van der Waals surface area (Å²) >= 11 is 1.53. The molecule has 134 valence electrons. The maximum atomic E-state index is 12.5. The number of carbonyl (C=O) groups excluding carboxylic acids is 1. The van der Waals surface area contributed by atoms with Crippen molar-refractivity contribution in [2.75, 3.05) is 13.1 Å². The van der Waals surface area contributed by atoms with Gasteiger partial charge in [-0.25, -0.2) is 4.98 Å². The molecule has 0 aliphatic carbocycles. The van der Waals surface area contributed by atoms with E-state index < -0.39 is 0 Å². The number of primary amides is 1. The number of nitrogens with zero attached hydrogens (tertiary/aromatic N) is 2. The molecule has 3 heterocycles. The quantitative estimate of drug-likeness (QED) is 0.739. The van der Waals surface area contributed by atoms with Crippen LogP contribution in [0.1, 0.15) is 18.7 Å². The molecule has 3 N–H and O–H groups in total. The molecule has 1 aliphatic heterocycles. The van der Waals surface area contributed by atoms with E-state index in [2.05, 4.69) is 14.9 Å². The molecule has 3 aromatic rings. The predicted molar refractivity (Wildman–Crippen MR) is 103 cm³/mol. The van der Waals surface area contributed by atoms with Gasteiger partial charge < -0.3 is 10.7 Å². The number of H-pyrrole nitrogens is 1. The zero-order chi connectivity index (χ0) is 18.1. The topological polar surface area (TPSA) is 92.1 Å². The molecule has 0 spiro atoms. The average molecular weight is 368 g/mol. The minimum atomic E-state index is -0.218. The molecule has 1 fully saturated rings. The van der Waals surface area contributed by atoms with Crippen LogP contribution in [0.3, 0.4) is 0 Å². The fourth-order valence-corrected chi connectivity index (χ4v) is 4.44. The number of piperidine rings is 1. The van der Waals surface area contributed by atoms with E-state index >= 15 is 0 Å². The minimum absolute atomic E-state index is 0.0357. The molecule has 0 radical (unpaired) electrons. The van der Waals surface area contributed by atoms with E-state index in [1.165, 1.54) is 11.3 Å². The summed E-state index contributed by atoms with van der Waals surface area (Å²) in [6, 6.07) is 11.9. The van der Waals surface area contributed by atoms with Gasteiger partial charge in [-0.2, -0.15) is 0 Å². The first-order chi connectivity index (χ1) is 12.6. The molecule has 26 heavy (non-hydrogen) atoms. The lowest BCUT2D eigenvalue weighted by molar-refractivity contribution is -0.123. The van der Waals surface area contributed by atoms with Crippen LogP contribution in [0.4, 0.5) is 0 Å². The van der Waals surface area contributed by atoms with Crippen LogP contribution in [0.15, 0.2) is 41.2 Å². The smallest absolute Gasteiger partial charge is 0.259 e. The number of carbonyl (C=O) groups is 1. The first-order valence-electron chi connectivity index (χ1n) is 8.70. The highest BCUT2D eigenvalue weighted by Crippen LogP contribution is 2.30. The highest BCUT2D eigenvalue weighted by Gasteiger charge is 2.23. The molecular weight excluding hydrogens is 348 g/mol. The van der Waals surface area contributed by atoms with Crippen LogP contribution in [0.2, 0.25) is 0 Å². The molecule has 1 aromatic carbocycles. The van der Waals surface area contributed by atoms with Gasteiger partial charge in [0, 0.05) is 10.8 Å². The standard InChI is InChI=1S/C19H20N4O2S/c20-17(24)13-6-8-23(9-7-13)11-16-21-18(25)14-10-15(26-19(14)22-16)12-4-2-1-3-5-12/h1-5,10,13H,6-9,11H2,(H2,20,24)(H,21,22,25). The second-order valence-electron chi connectivity index (χ2n) is 6.66. The molecule has 1 amide bonds. The highest BCUT2D eigenvalue weighted by molar-refractivity contribution is 7.21. The Morgan fingerprint density at radius 1 is 1.27 bits per heavy atom. The van der Waals surface area contributed by atoms with Gasteiger partial charge in [-0.1, -0.05) is 30.3 Å². The number of thiophene rings is 1. The van der Waals surface area contributed by atoms with Crippen LogP contribution in [-0.4, -0.2) is 33.9 Å². The highest BCUT2D eigenvalue weighted by atomic mass is 32.1. The van der Waals surface area contributed by atoms with Gasteiger partial charge in [-0.15, -0.1) is 11.3 Å². The number of benzene rings is 1. The first-order valence-corrected chi connectivity index (χ1v) is 9.51. The Morgan fingerprint density at radius 3 is 2.69 bits per heavy atom. The first kappa shape index (κ1) is 16.9. The molecule has 0 atom stereocenters. The zero-order valence-corrected chi connectivity index (χ0v) is 15.1. The Kier molecular flexibility index (Phi) is 4.57. The number of hydrogen-bond acceptors (Lipinski definition) is 5. The van der Waals surface area contributed by atoms with E-state index in [1.54, 1.807) is 0 Å². The van der Waals surface area contributed by atoms with Crippen LogP contribution in [0, 0.1) is 5.92 Å². The number of nitrogens with two attached hydrogens (primary N) is 1. The zero-order valence-electron chi connectivity index (χ0n) is 14.3. The maximum Gasteiger partial charge on any atom is 0.259 e. The van der Waals surface area contributed by atoms with Crippen molar-refractivity contribution in [3.8, 4) is 10.4 Å².